The van der Waals surface area contributed by atoms with Gasteiger partial charge in [0.05, 0.1) is 11.1 Å². The van der Waals surface area contributed by atoms with Crippen molar-refractivity contribution in [1.29, 1.82) is 0 Å². The number of hydrogen-bond donors (Lipinski definition) is 0. The van der Waals surface area contributed by atoms with Gasteiger partial charge in [-0.2, -0.15) is 4.98 Å². The van der Waals surface area contributed by atoms with Crippen LogP contribution in [0, 0.1) is 6.92 Å². The van der Waals surface area contributed by atoms with Crippen molar-refractivity contribution in [3.8, 4) is 11.5 Å². The zero-order valence-corrected chi connectivity index (χ0v) is 18.4. The second-order valence-electron chi connectivity index (χ2n) is 7.37. The lowest BCUT2D eigenvalue weighted by atomic mass is 10.1. The Bertz CT molecular complexity index is 1440. The zero-order chi connectivity index (χ0) is 22.2. The first-order valence-corrected chi connectivity index (χ1v) is 10.6. The molecule has 0 saturated carbocycles. The van der Waals surface area contributed by atoms with E-state index in [4.69, 9.17) is 27.7 Å². The number of carbonyl (C=O) groups excluding carboxylic acids is 1. The first-order chi connectivity index (χ1) is 15.5. The number of aryl methyl sites for hydroxylation is 1. The van der Waals surface area contributed by atoms with Gasteiger partial charge in [-0.25, -0.2) is 0 Å². The summed E-state index contributed by atoms with van der Waals surface area (Å²) in [4.78, 5) is 21.9. The van der Waals surface area contributed by atoms with Gasteiger partial charge in [0.1, 0.15) is 10.8 Å². The highest BCUT2D eigenvalue weighted by atomic mass is 35.5. The molecule has 0 spiro atoms. The third kappa shape index (κ3) is 3.68. The predicted molar refractivity (Wildman–Crippen MR) is 123 cm³/mol. The maximum atomic E-state index is 13.4. The summed E-state index contributed by atoms with van der Waals surface area (Å²) in [6.07, 6.45) is 1.62. The first kappa shape index (κ1) is 20.4. The summed E-state index contributed by atoms with van der Waals surface area (Å²) < 4.78 is 7.17. The van der Waals surface area contributed by atoms with Gasteiger partial charge in [0.2, 0.25) is 5.82 Å². The molecule has 0 bridgehead atoms. The van der Waals surface area contributed by atoms with Crippen molar-refractivity contribution >= 4 is 39.9 Å². The normalized spacial score (nSPS) is 11.2. The molecule has 0 amide bonds. The van der Waals surface area contributed by atoms with Crippen LogP contribution in [-0.4, -0.2) is 25.5 Å². The molecule has 2 aromatic carbocycles. The third-order valence-corrected chi connectivity index (χ3v) is 5.80. The van der Waals surface area contributed by atoms with Crippen molar-refractivity contribution in [2.45, 2.75) is 13.5 Å². The minimum absolute atomic E-state index is 0.139. The summed E-state index contributed by atoms with van der Waals surface area (Å²) in [6.45, 7) is 2.44. The van der Waals surface area contributed by atoms with Gasteiger partial charge in [-0.1, -0.05) is 58.2 Å². The molecule has 158 valence electrons. The van der Waals surface area contributed by atoms with Gasteiger partial charge in [-0.15, -0.1) is 0 Å². The van der Waals surface area contributed by atoms with E-state index in [9.17, 15) is 4.79 Å². The Hall–Kier alpha value is -3.48. The van der Waals surface area contributed by atoms with E-state index >= 15 is 0 Å². The van der Waals surface area contributed by atoms with E-state index in [1.54, 1.807) is 18.3 Å². The van der Waals surface area contributed by atoms with Gasteiger partial charge in [-0.3, -0.25) is 9.78 Å². The molecule has 0 N–H and O–H groups in total. The lowest BCUT2D eigenvalue weighted by Gasteiger charge is -2.08. The Morgan fingerprint density at radius 2 is 1.88 bits per heavy atom. The monoisotopic (exact) mass is 462 g/mol. The molecule has 32 heavy (non-hydrogen) atoms. The van der Waals surface area contributed by atoms with Crippen LogP contribution in [0.2, 0.25) is 10.2 Å². The molecule has 3 aromatic heterocycles. The average molecular weight is 463 g/mol. The number of pyridine rings is 1. The maximum absolute atomic E-state index is 13.4. The van der Waals surface area contributed by atoms with Gasteiger partial charge in [-0.05, 0) is 48.9 Å². The topological polar surface area (TPSA) is 73.8 Å². The summed E-state index contributed by atoms with van der Waals surface area (Å²) in [6, 6.07) is 18.7. The number of halogens is 2. The smallest absolute Gasteiger partial charge is 0.299 e. The Morgan fingerprint density at radius 1 is 1.06 bits per heavy atom. The van der Waals surface area contributed by atoms with E-state index in [0.717, 1.165) is 22.0 Å². The molecule has 3 heterocycles. The Labute approximate surface area is 193 Å². The van der Waals surface area contributed by atoms with Crippen LogP contribution in [0.25, 0.3) is 22.4 Å². The fraction of sp³-hybridized carbons (Fsp3) is 0.0833. The molecule has 0 aliphatic heterocycles. The Balaban J connectivity index is 1.60. The molecule has 0 radical (unpaired) electrons. The molecule has 8 heteroatoms. The number of ketones is 1. The highest BCUT2D eigenvalue weighted by molar-refractivity contribution is 6.36. The van der Waals surface area contributed by atoms with Gasteiger partial charge in [0.15, 0.2) is 0 Å². The number of carbonyl (C=O) groups is 1. The molecule has 0 aliphatic rings. The maximum Gasteiger partial charge on any atom is 0.299 e. The lowest BCUT2D eigenvalue weighted by molar-refractivity contribution is 0.0995. The summed E-state index contributed by atoms with van der Waals surface area (Å²) >= 11 is 12.8. The first-order valence-electron chi connectivity index (χ1n) is 9.84. The van der Waals surface area contributed by atoms with Crippen molar-refractivity contribution in [2.24, 2.45) is 0 Å². The van der Waals surface area contributed by atoms with Gasteiger partial charge in [0, 0.05) is 23.2 Å². The van der Waals surface area contributed by atoms with Crippen LogP contribution in [0.1, 0.15) is 27.4 Å². The highest BCUT2D eigenvalue weighted by Gasteiger charge is 2.27. The Kier molecular flexibility index (Phi) is 5.25. The predicted octanol–water partition coefficient (Wildman–Crippen LogP) is 5.98. The minimum Gasteiger partial charge on any atom is -0.330 e. The van der Waals surface area contributed by atoms with E-state index < -0.39 is 5.78 Å². The van der Waals surface area contributed by atoms with Crippen LogP contribution in [0.5, 0.6) is 0 Å². The van der Waals surface area contributed by atoms with E-state index in [0.29, 0.717) is 28.0 Å². The van der Waals surface area contributed by atoms with Crippen LogP contribution >= 0.6 is 23.2 Å². The van der Waals surface area contributed by atoms with Crippen LogP contribution in [-0.2, 0) is 6.54 Å². The molecule has 6 nitrogen and oxygen atoms in total. The van der Waals surface area contributed by atoms with Crippen molar-refractivity contribution in [3.63, 3.8) is 0 Å². The molecular weight excluding hydrogens is 447 g/mol. The van der Waals surface area contributed by atoms with E-state index in [2.05, 4.69) is 15.1 Å². The summed E-state index contributed by atoms with van der Waals surface area (Å²) in [5.41, 5.74) is 3.69. The number of rotatable bonds is 5. The second kappa shape index (κ2) is 8.22. The fourth-order valence-electron chi connectivity index (χ4n) is 3.60. The molecule has 0 atom stereocenters. The standard InChI is InChI=1S/C24H16Cl2N4O2/c1-14-5-10-19-17(12-14)20(22(26)30(19)13-15-6-8-16(25)9-7-15)21(31)24-28-23(29-32-24)18-4-2-3-11-27-18/h2-12H,13H2,1H3. The molecule has 5 aromatic rings. The third-order valence-electron chi connectivity index (χ3n) is 5.15. The van der Waals surface area contributed by atoms with Crippen LogP contribution in [0.4, 0.5) is 0 Å². The average Bonchev–Trinajstić information content (AvgIpc) is 3.39. The number of hydrogen-bond acceptors (Lipinski definition) is 5. The second-order valence-corrected chi connectivity index (χ2v) is 8.16. The molecule has 0 fully saturated rings. The van der Waals surface area contributed by atoms with Gasteiger partial charge >= 0.3 is 0 Å². The molecule has 0 unspecified atom stereocenters. The minimum atomic E-state index is -0.435. The van der Waals surface area contributed by atoms with E-state index in [1.807, 2.05) is 60.0 Å². The number of aromatic nitrogens is 4. The van der Waals surface area contributed by atoms with E-state index in [1.165, 1.54) is 0 Å². The van der Waals surface area contributed by atoms with Crippen LogP contribution < -0.4 is 0 Å². The van der Waals surface area contributed by atoms with Gasteiger partial charge in [0.25, 0.3) is 11.7 Å². The summed E-state index contributed by atoms with van der Waals surface area (Å²) in [5.74, 6) is -0.333. The molecule has 0 aliphatic carbocycles. The molecular formula is C24H16Cl2N4O2. The number of nitrogens with zero attached hydrogens (tertiary/aromatic N) is 4. The van der Waals surface area contributed by atoms with Crippen molar-refractivity contribution in [3.05, 3.63) is 99.6 Å². The van der Waals surface area contributed by atoms with Crippen molar-refractivity contribution in [1.82, 2.24) is 19.7 Å². The SMILES string of the molecule is Cc1ccc2c(c1)c(C(=O)c1nc(-c3ccccn3)no1)c(Cl)n2Cc1ccc(Cl)cc1. The van der Waals surface area contributed by atoms with Crippen LogP contribution in [0.15, 0.2) is 71.4 Å². The lowest BCUT2D eigenvalue weighted by Crippen LogP contribution is -2.04. The van der Waals surface area contributed by atoms with Crippen molar-refractivity contribution in [2.75, 3.05) is 0 Å². The quantitative estimate of drug-likeness (QED) is 0.300. The van der Waals surface area contributed by atoms with Crippen molar-refractivity contribution < 1.29 is 9.32 Å². The molecule has 5 rings (SSSR count). The van der Waals surface area contributed by atoms with Crippen LogP contribution in [0.3, 0.4) is 0 Å². The molecule has 0 saturated heterocycles. The largest absolute Gasteiger partial charge is 0.330 e. The number of fused-ring (bicyclic) bond motifs is 1. The highest BCUT2D eigenvalue weighted by Crippen LogP contribution is 2.33. The zero-order valence-electron chi connectivity index (χ0n) is 16.9. The number of benzene rings is 2. The fourth-order valence-corrected chi connectivity index (χ4v) is 4.07. The summed E-state index contributed by atoms with van der Waals surface area (Å²) in [5, 5.41) is 5.60. The summed E-state index contributed by atoms with van der Waals surface area (Å²) in [7, 11) is 0. The van der Waals surface area contributed by atoms with Gasteiger partial charge < -0.3 is 9.09 Å². The Morgan fingerprint density at radius 3 is 2.62 bits per heavy atom. The van der Waals surface area contributed by atoms with E-state index in [-0.39, 0.29) is 11.7 Å².